The number of fused-ring (bicyclic) bond motifs is 2. The maximum absolute atomic E-state index is 12.4. The largest absolute Gasteiger partial charge is 0.346 e. The summed E-state index contributed by atoms with van der Waals surface area (Å²) in [5, 5.41) is 7.88. The highest BCUT2D eigenvalue weighted by atomic mass is 35.5. The van der Waals surface area contributed by atoms with Gasteiger partial charge in [0.15, 0.2) is 5.01 Å². The number of thiazole rings is 1. The van der Waals surface area contributed by atoms with Gasteiger partial charge in [0, 0.05) is 23.0 Å². The Balaban J connectivity index is 1.41. The Labute approximate surface area is 148 Å². The van der Waals surface area contributed by atoms with Crippen LogP contribution in [0.1, 0.15) is 29.1 Å². The number of amides is 1. The maximum Gasteiger partial charge on any atom is 0.280 e. The molecule has 4 rings (SSSR count). The predicted molar refractivity (Wildman–Crippen MR) is 93.5 cm³/mol. The lowest BCUT2D eigenvalue weighted by Crippen LogP contribution is -2.42. The zero-order valence-electron chi connectivity index (χ0n) is 12.3. The van der Waals surface area contributed by atoms with Gasteiger partial charge in [-0.25, -0.2) is 4.98 Å². The van der Waals surface area contributed by atoms with Crippen LogP contribution in [-0.4, -0.2) is 29.0 Å². The molecular weight excluding hydrogens is 350 g/mol. The summed E-state index contributed by atoms with van der Waals surface area (Å²) in [5.41, 5.74) is 0. The normalized spacial score (nSPS) is 25.7. The minimum absolute atomic E-state index is 0.0691. The smallest absolute Gasteiger partial charge is 0.280 e. The van der Waals surface area contributed by atoms with Crippen LogP contribution in [-0.2, 0) is 0 Å². The first-order valence-corrected chi connectivity index (χ1v) is 9.65. The Morgan fingerprint density at radius 1 is 1.39 bits per heavy atom. The van der Waals surface area contributed by atoms with E-state index in [1.54, 1.807) is 6.20 Å². The number of halogens is 1. The number of rotatable bonds is 4. The summed E-state index contributed by atoms with van der Waals surface area (Å²) in [7, 11) is 0. The number of hydrogen-bond donors (Lipinski definition) is 2. The second-order valence-corrected chi connectivity index (χ2v) is 8.66. The van der Waals surface area contributed by atoms with E-state index in [-0.39, 0.29) is 11.9 Å². The third kappa shape index (κ3) is 3.26. The molecule has 120 valence electrons. The van der Waals surface area contributed by atoms with Gasteiger partial charge in [0.2, 0.25) is 0 Å². The van der Waals surface area contributed by atoms with Gasteiger partial charge >= 0.3 is 0 Å². The minimum Gasteiger partial charge on any atom is -0.346 e. The summed E-state index contributed by atoms with van der Waals surface area (Å²) in [4.78, 5) is 17.6. The molecule has 1 aromatic carbocycles. The number of nitrogens with one attached hydrogen (secondary N) is 2. The van der Waals surface area contributed by atoms with Crippen LogP contribution in [0.2, 0.25) is 5.02 Å². The molecule has 3 atom stereocenters. The van der Waals surface area contributed by atoms with Crippen LogP contribution in [0.4, 0.5) is 0 Å². The average molecular weight is 366 g/mol. The van der Waals surface area contributed by atoms with E-state index in [0.29, 0.717) is 22.1 Å². The van der Waals surface area contributed by atoms with E-state index >= 15 is 0 Å². The molecule has 2 bridgehead atoms. The molecule has 2 aromatic rings. The molecule has 4 nitrogen and oxygen atoms in total. The van der Waals surface area contributed by atoms with Crippen LogP contribution < -0.4 is 10.6 Å². The standard InChI is InChI=1S/C16H16ClN3OS2/c17-10-3-1-2-4-13(10)22-14-8-18-16(23-14)15(21)20-12-7-9-5-6-11(12)19-9/h1-4,8-9,11-12,19H,5-7H2,(H,20,21). The Bertz CT molecular complexity index is 736. The molecule has 7 heteroatoms. The lowest BCUT2D eigenvalue weighted by molar-refractivity contribution is 0.0930. The van der Waals surface area contributed by atoms with Gasteiger partial charge in [0.05, 0.1) is 15.4 Å². The zero-order chi connectivity index (χ0) is 15.8. The SMILES string of the molecule is O=C(NC1CC2CCC1N2)c1ncc(Sc2ccccc2Cl)s1. The second-order valence-electron chi connectivity index (χ2n) is 5.88. The van der Waals surface area contributed by atoms with Crippen LogP contribution in [0.25, 0.3) is 0 Å². The van der Waals surface area contributed by atoms with Gasteiger partial charge in [-0.2, -0.15) is 0 Å². The quantitative estimate of drug-likeness (QED) is 0.869. The van der Waals surface area contributed by atoms with Crippen molar-refractivity contribution in [1.82, 2.24) is 15.6 Å². The Morgan fingerprint density at radius 2 is 2.26 bits per heavy atom. The average Bonchev–Trinajstić information content (AvgIpc) is 3.26. The molecule has 2 aliphatic rings. The highest BCUT2D eigenvalue weighted by Gasteiger charge is 2.39. The molecule has 2 aliphatic heterocycles. The summed E-state index contributed by atoms with van der Waals surface area (Å²) in [6, 6.07) is 8.93. The van der Waals surface area contributed by atoms with Gasteiger partial charge in [-0.05, 0) is 31.4 Å². The summed E-state index contributed by atoms with van der Waals surface area (Å²) < 4.78 is 0.967. The molecule has 3 heterocycles. The van der Waals surface area contributed by atoms with Gasteiger partial charge in [0.25, 0.3) is 5.91 Å². The fraction of sp³-hybridized carbons (Fsp3) is 0.375. The van der Waals surface area contributed by atoms with E-state index in [9.17, 15) is 4.79 Å². The van der Waals surface area contributed by atoms with Gasteiger partial charge in [0.1, 0.15) is 0 Å². The first-order chi connectivity index (χ1) is 11.2. The van der Waals surface area contributed by atoms with Crippen molar-refractivity contribution < 1.29 is 4.79 Å². The van der Waals surface area contributed by atoms with Crippen molar-refractivity contribution in [2.24, 2.45) is 0 Å². The van der Waals surface area contributed by atoms with Crippen molar-refractivity contribution in [1.29, 1.82) is 0 Å². The highest BCUT2D eigenvalue weighted by Crippen LogP contribution is 2.36. The Morgan fingerprint density at radius 3 is 3.00 bits per heavy atom. The lowest BCUT2D eigenvalue weighted by atomic mass is 9.95. The van der Waals surface area contributed by atoms with E-state index in [4.69, 9.17) is 11.6 Å². The molecule has 3 unspecified atom stereocenters. The number of nitrogens with zero attached hydrogens (tertiary/aromatic N) is 1. The van der Waals surface area contributed by atoms with Gasteiger partial charge in [-0.3, -0.25) is 4.79 Å². The first kappa shape index (κ1) is 15.4. The number of hydrogen-bond acceptors (Lipinski definition) is 5. The van der Waals surface area contributed by atoms with Gasteiger partial charge in [-0.1, -0.05) is 35.5 Å². The zero-order valence-corrected chi connectivity index (χ0v) is 14.7. The molecule has 0 aliphatic carbocycles. The predicted octanol–water partition coefficient (Wildman–Crippen LogP) is 3.57. The summed E-state index contributed by atoms with van der Waals surface area (Å²) in [6.45, 7) is 0. The second kappa shape index (κ2) is 6.43. The lowest BCUT2D eigenvalue weighted by Gasteiger charge is -2.20. The number of carbonyl (C=O) groups is 1. The van der Waals surface area contributed by atoms with Crippen LogP contribution in [0.3, 0.4) is 0 Å². The molecule has 2 saturated heterocycles. The third-order valence-electron chi connectivity index (χ3n) is 4.34. The molecule has 2 N–H and O–H groups in total. The van der Waals surface area contributed by atoms with Crippen molar-refractivity contribution in [3.05, 3.63) is 40.5 Å². The van der Waals surface area contributed by atoms with E-state index in [1.807, 2.05) is 24.3 Å². The van der Waals surface area contributed by atoms with E-state index in [1.165, 1.54) is 29.5 Å². The first-order valence-electron chi connectivity index (χ1n) is 7.64. The van der Waals surface area contributed by atoms with Crippen LogP contribution in [0, 0.1) is 0 Å². The Hall–Kier alpha value is -1.08. The number of aromatic nitrogens is 1. The highest BCUT2D eigenvalue weighted by molar-refractivity contribution is 8.01. The van der Waals surface area contributed by atoms with Gasteiger partial charge < -0.3 is 10.6 Å². The topological polar surface area (TPSA) is 54.0 Å². The molecule has 1 aromatic heterocycles. The van der Waals surface area contributed by atoms with Gasteiger partial charge in [-0.15, -0.1) is 11.3 Å². The van der Waals surface area contributed by atoms with Crippen molar-refractivity contribution in [3.8, 4) is 0 Å². The van der Waals surface area contributed by atoms with Crippen molar-refractivity contribution in [3.63, 3.8) is 0 Å². The van der Waals surface area contributed by atoms with Crippen molar-refractivity contribution in [2.75, 3.05) is 0 Å². The molecule has 23 heavy (non-hydrogen) atoms. The molecule has 0 radical (unpaired) electrons. The van der Waals surface area contributed by atoms with Crippen molar-refractivity contribution in [2.45, 2.75) is 46.5 Å². The van der Waals surface area contributed by atoms with Crippen LogP contribution >= 0.6 is 34.7 Å². The minimum atomic E-state index is -0.0691. The molecule has 0 saturated carbocycles. The molecule has 2 fully saturated rings. The maximum atomic E-state index is 12.4. The molecule has 0 spiro atoms. The van der Waals surface area contributed by atoms with Crippen LogP contribution in [0.5, 0.6) is 0 Å². The summed E-state index contributed by atoms with van der Waals surface area (Å²) in [5.74, 6) is -0.0691. The number of benzene rings is 1. The number of carbonyl (C=O) groups excluding carboxylic acids is 1. The fourth-order valence-electron chi connectivity index (χ4n) is 3.26. The van der Waals surface area contributed by atoms with E-state index in [0.717, 1.165) is 21.9 Å². The molecule has 1 amide bonds. The third-order valence-corrected chi connectivity index (χ3v) is 6.96. The molecular formula is C16H16ClN3OS2. The van der Waals surface area contributed by atoms with Crippen LogP contribution in [0.15, 0.2) is 39.6 Å². The summed E-state index contributed by atoms with van der Waals surface area (Å²) in [6.07, 6.45) is 5.16. The van der Waals surface area contributed by atoms with Crippen molar-refractivity contribution >= 4 is 40.6 Å². The Kier molecular flexibility index (Phi) is 4.32. The fourth-order valence-corrected chi connectivity index (χ4v) is 5.37. The monoisotopic (exact) mass is 365 g/mol. The van der Waals surface area contributed by atoms with E-state index in [2.05, 4.69) is 15.6 Å². The van der Waals surface area contributed by atoms with E-state index < -0.39 is 0 Å². The summed E-state index contributed by atoms with van der Waals surface area (Å²) >= 11 is 9.12.